The predicted molar refractivity (Wildman–Crippen MR) is 67.0 cm³/mol. The molecule has 2 N–H and O–H groups in total. The fourth-order valence-electron chi connectivity index (χ4n) is 2.19. The maximum Gasteiger partial charge on any atom is 0.0257 e. The maximum atomic E-state index is 5.75. The van der Waals surface area contributed by atoms with Crippen molar-refractivity contribution in [1.29, 1.82) is 0 Å². The molecule has 0 aliphatic carbocycles. The highest BCUT2D eigenvalue weighted by Crippen LogP contribution is 2.13. The molecule has 0 unspecified atom stereocenters. The molecule has 0 saturated carbocycles. The van der Waals surface area contributed by atoms with Gasteiger partial charge in [0.25, 0.3) is 0 Å². The summed E-state index contributed by atoms with van der Waals surface area (Å²) in [5, 5.41) is 1.90. The van der Waals surface area contributed by atoms with Crippen molar-refractivity contribution in [3.8, 4) is 0 Å². The van der Waals surface area contributed by atoms with Crippen LogP contribution in [0.5, 0.6) is 0 Å². The van der Waals surface area contributed by atoms with Gasteiger partial charge in [-0.15, -0.1) is 0 Å². The van der Waals surface area contributed by atoms with E-state index in [1.165, 1.54) is 16.7 Å². The molecular formula is C13H21N3. The molecule has 2 rings (SSSR count). The van der Waals surface area contributed by atoms with Gasteiger partial charge in [-0.3, -0.25) is 10.7 Å². The second-order valence-electron chi connectivity index (χ2n) is 4.74. The fourth-order valence-corrected chi connectivity index (χ4v) is 2.19. The maximum absolute atomic E-state index is 5.75. The van der Waals surface area contributed by atoms with Gasteiger partial charge >= 0.3 is 0 Å². The summed E-state index contributed by atoms with van der Waals surface area (Å²) in [5.41, 5.74) is 4.18. The van der Waals surface area contributed by atoms with Crippen LogP contribution in [0.3, 0.4) is 0 Å². The SMILES string of the molecule is Cc1ccc(CN2CCN(N)CC2)c(C)c1. The standard InChI is InChI=1S/C13H21N3/c1-11-3-4-13(12(2)9-11)10-15-5-7-16(14)8-6-15/h3-4,9H,5-8,10,14H2,1-2H3. The normalized spacial score (nSPS) is 18.9. The molecule has 1 fully saturated rings. The van der Waals surface area contributed by atoms with Gasteiger partial charge in [0.1, 0.15) is 0 Å². The van der Waals surface area contributed by atoms with Crippen molar-refractivity contribution in [2.24, 2.45) is 5.84 Å². The Morgan fingerprint density at radius 1 is 1.12 bits per heavy atom. The molecular weight excluding hydrogens is 198 g/mol. The Morgan fingerprint density at radius 2 is 1.81 bits per heavy atom. The van der Waals surface area contributed by atoms with E-state index in [0.717, 1.165) is 32.7 Å². The predicted octanol–water partition coefficient (Wildman–Crippen LogP) is 1.29. The minimum Gasteiger partial charge on any atom is -0.296 e. The third-order valence-corrected chi connectivity index (χ3v) is 3.30. The molecule has 0 bridgehead atoms. The molecule has 0 radical (unpaired) electrons. The van der Waals surface area contributed by atoms with Crippen LogP contribution in [0, 0.1) is 13.8 Å². The van der Waals surface area contributed by atoms with Crippen LogP contribution < -0.4 is 5.84 Å². The van der Waals surface area contributed by atoms with Crippen LogP contribution in [-0.2, 0) is 6.54 Å². The zero-order valence-electron chi connectivity index (χ0n) is 10.2. The first kappa shape index (κ1) is 11.6. The number of piperazine rings is 1. The Kier molecular flexibility index (Phi) is 3.59. The van der Waals surface area contributed by atoms with E-state index in [1.807, 2.05) is 5.01 Å². The Balaban J connectivity index is 1.98. The highest BCUT2D eigenvalue weighted by molar-refractivity contribution is 5.30. The molecule has 88 valence electrons. The monoisotopic (exact) mass is 219 g/mol. The van der Waals surface area contributed by atoms with Crippen LogP contribution >= 0.6 is 0 Å². The van der Waals surface area contributed by atoms with Gasteiger partial charge in [-0.25, -0.2) is 5.01 Å². The molecule has 0 amide bonds. The number of nitrogens with zero attached hydrogens (tertiary/aromatic N) is 2. The largest absolute Gasteiger partial charge is 0.296 e. The summed E-state index contributed by atoms with van der Waals surface area (Å²) < 4.78 is 0. The summed E-state index contributed by atoms with van der Waals surface area (Å²) in [5.74, 6) is 5.75. The van der Waals surface area contributed by atoms with Gasteiger partial charge < -0.3 is 0 Å². The second kappa shape index (κ2) is 4.95. The lowest BCUT2D eigenvalue weighted by Crippen LogP contribution is -2.48. The Morgan fingerprint density at radius 3 is 2.44 bits per heavy atom. The first-order valence-electron chi connectivity index (χ1n) is 5.93. The van der Waals surface area contributed by atoms with E-state index in [4.69, 9.17) is 5.84 Å². The van der Waals surface area contributed by atoms with E-state index in [0.29, 0.717) is 0 Å². The molecule has 1 aromatic carbocycles. The number of hydrogen-bond donors (Lipinski definition) is 1. The molecule has 1 heterocycles. The summed E-state index contributed by atoms with van der Waals surface area (Å²) in [6.07, 6.45) is 0. The van der Waals surface area contributed by atoms with Gasteiger partial charge in [-0.05, 0) is 25.0 Å². The number of aryl methyl sites for hydroxylation is 2. The molecule has 3 heteroatoms. The van der Waals surface area contributed by atoms with Crippen molar-refractivity contribution in [1.82, 2.24) is 9.91 Å². The summed E-state index contributed by atoms with van der Waals surface area (Å²) >= 11 is 0. The Bertz CT molecular complexity index is 354. The topological polar surface area (TPSA) is 32.5 Å². The number of benzene rings is 1. The highest BCUT2D eigenvalue weighted by atomic mass is 15.4. The van der Waals surface area contributed by atoms with Crippen molar-refractivity contribution in [3.63, 3.8) is 0 Å². The van der Waals surface area contributed by atoms with E-state index in [9.17, 15) is 0 Å². The van der Waals surface area contributed by atoms with Gasteiger partial charge in [0.15, 0.2) is 0 Å². The third-order valence-electron chi connectivity index (χ3n) is 3.30. The van der Waals surface area contributed by atoms with Crippen molar-refractivity contribution in [2.45, 2.75) is 20.4 Å². The average Bonchev–Trinajstić information content (AvgIpc) is 2.25. The lowest BCUT2D eigenvalue weighted by Gasteiger charge is -2.32. The van der Waals surface area contributed by atoms with Crippen LogP contribution in [-0.4, -0.2) is 36.1 Å². The first-order chi connectivity index (χ1) is 7.65. The summed E-state index contributed by atoms with van der Waals surface area (Å²) in [4.78, 5) is 2.47. The van der Waals surface area contributed by atoms with E-state index >= 15 is 0 Å². The fraction of sp³-hybridized carbons (Fsp3) is 0.538. The van der Waals surface area contributed by atoms with Crippen LogP contribution in [0.15, 0.2) is 18.2 Å². The average molecular weight is 219 g/mol. The molecule has 1 aliphatic heterocycles. The number of rotatable bonds is 2. The summed E-state index contributed by atoms with van der Waals surface area (Å²) in [6, 6.07) is 6.70. The van der Waals surface area contributed by atoms with Gasteiger partial charge in [0, 0.05) is 32.7 Å². The zero-order valence-corrected chi connectivity index (χ0v) is 10.2. The molecule has 1 saturated heterocycles. The lowest BCUT2D eigenvalue weighted by molar-refractivity contribution is 0.128. The van der Waals surface area contributed by atoms with Crippen LogP contribution in [0.25, 0.3) is 0 Å². The van der Waals surface area contributed by atoms with Crippen molar-refractivity contribution in [3.05, 3.63) is 34.9 Å². The molecule has 1 aliphatic rings. The number of nitrogens with two attached hydrogens (primary N) is 1. The summed E-state index contributed by atoms with van der Waals surface area (Å²) in [6.45, 7) is 9.49. The van der Waals surface area contributed by atoms with Crippen molar-refractivity contribution in [2.75, 3.05) is 26.2 Å². The van der Waals surface area contributed by atoms with Gasteiger partial charge in [-0.1, -0.05) is 23.8 Å². The molecule has 16 heavy (non-hydrogen) atoms. The first-order valence-corrected chi connectivity index (χ1v) is 5.93. The second-order valence-corrected chi connectivity index (χ2v) is 4.74. The van der Waals surface area contributed by atoms with E-state index in [-0.39, 0.29) is 0 Å². The van der Waals surface area contributed by atoms with Gasteiger partial charge in [0.2, 0.25) is 0 Å². The minimum atomic E-state index is 0.977. The molecule has 0 atom stereocenters. The third kappa shape index (κ3) is 2.82. The quantitative estimate of drug-likeness (QED) is 0.761. The van der Waals surface area contributed by atoms with Crippen molar-refractivity contribution >= 4 is 0 Å². The van der Waals surface area contributed by atoms with Crippen molar-refractivity contribution < 1.29 is 0 Å². The van der Waals surface area contributed by atoms with E-state index in [1.54, 1.807) is 0 Å². The molecule has 0 aromatic heterocycles. The highest BCUT2D eigenvalue weighted by Gasteiger charge is 2.14. The van der Waals surface area contributed by atoms with E-state index in [2.05, 4.69) is 36.9 Å². The smallest absolute Gasteiger partial charge is 0.0257 e. The summed E-state index contributed by atoms with van der Waals surface area (Å²) in [7, 11) is 0. The van der Waals surface area contributed by atoms with Crippen LogP contribution in [0.1, 0.15) is 16.7 Å². The minimum absolute atomic E-state index is 0.977. The van der Waals surface area contributed by atoms with Gasteiger partial charge in [-0.2, -0.15) is 0 Å². The number of hydrogen-bond acceptors (Lipinski definition) is 3. The van der Waals surface area contributed by atoms with Crippen LogP contribution in [0.4, 0.5) is 0 Å². The zero-order chi connectivity index (χ0) is 11.5. The molecule has 3 nitrogen and oxygen atoms in total. The number of hydrazine groups is 1. The molecule has 1 aromatic rings. The Hall–Kier alpha value is -0.900. The van der Waals surface area contributed by atoms with E-state index < -0.39 is 0 Å². The lowest BCUT2D eigenvalue weighted by atomic mass is 10.1. The molecule has 0 spiro atoms. The Labute approximate surface area is 97.8 Å². The van der Waals surface area contributed by atoms with Gasteiger partial charge in [0.05, 0.1) is 0 Å². The van der Waals surface area contributed by atoms with Crippen LogP contribution in [0.2, 0.25) is 0 Å².